The lowest BCUT2D eigenvalue weighted by Gasteiger charge is -2.45. The van der Waals surface area contributed by atoms with Crippen LogP contribution in [0.4, 0.5) is 34.1 Å². The molecule has 0 atom stereocenters. The Bertz CT molecular complexity index is 5690. The van der Waals surface area contributed by atoms with Gasteiger partial charge >= 0.3 is 0 Å². The van der Waals surface area contributed by atoms with Crippen molar-refractivity contribution in [1.29, 1.82) is 0 Å². The van der Waals surface area contributed by atoms with Gasteiger partial charge in [-0.15, -0.1) is 0 Å². The highest BCUT2D eigenvalue weighted by Gasteiger charge is 2.45. The molecule has 0 spiro atoms. The van der Waals surface area contributed by atoms with Crippen molar-refractivity contribution in [3.05, 3.63) is 302 Å². The summed E-state index contributed by atoms with van der Waals surface area (Å²) in [7, 11) is 0. The highest BCUT2D eigenvalue weighted by atomic mass is 15.2. The topological polar surface area (TPSA) is 10.9 Å². The predicted octanol–water partition coefficient (Wildman–Crippen LogP) is 21.6. The van der Waals surface area contributed by atoms with Gasteiger partial charge in [0.15, 0.2) is 0 Å². The van der Waals surface area contributed by atoms with E-state index in [1.54, 1.807) is 0 Å². The van der Waals surface area contributed by atoms with Crippen molar-refractivity contribution in [1.82, 2.24) is 4.40 Å². The first-order chi connectivity index (χ1) is 46.0. The molecule has 0 unspecified atom stereocenters. The van der Waals surface area contributed by atoms with Crippen LogP contribution < -0.4 is 26.2 Å². The predicted molar refractivity (Wildman–Crippen MR) is 387 cm³/mol. The molecule has 428 valence electrons. The fourth-order valence-corrected chi connectivity index (χ4v) is 14.7. The number of anilines is 6. The standard InChI is InChI=1S/C86H66BN3/c1-85(2,3)63-49-62(50-64(53-63)86(4,5)6)60-42-48-77-75(51-60)87-74-47-41-61(57-27-14-9-15-28-57)52-78(74)89(66-45-39-59(40-46-66)56-25-12-8-13-26-56)84-81-73-35-22-34-72-70-32-19-17-30-68(70)67-29-16-18-31-69(67)71-33-20-21-36-76(71)90(83(72)73)79(81)54-80(82(84)87)88(77)65-43-37-58(38-44-65)55-23-10-7-11-24-55/h7-54H,1-6H3/i9D,14D,15D,27D,28D. The number of rotatable bonds is 6. The first-order valence-electron chi connectivity index (χ1n) is 33.9. The van der Waals surface area contributed by atoms with Gasteiger partial charge in [0.25, 0.3) is 6.71 Å². The van der Waals surface area contributed by atoms with E-state index in [0.717, 1.165) is 144 Å². The van der Waals surface area contributed by atoms with E-state index >= 15 is 0 Å². The molecule has 15 aromatic rings. The summed E-state index contributed by atoms with van der Waals surface area (Å²) in [5, 5.41) is 8.93. The minimum atomic E-state index is -0.426. The third kappa shape index (κ3) is 8.49. The fraction of sp³-hybridized carbons (Fsp3) is 0.0930. The Labute approximate surface area is 534 Å². The minimum Gasteiger partial charge on any atom is -0.311 e. The summed E-state index contributed by atoms with van der Waals surface area (Å²) in [6.07, 6.45) is 0. The Hall–Kier alpha value is -10.7. The van der Waals surface area contributed by atoms with E-state index in [1.807, 2.05) is 12.1 Å². The monoisotopic (exact) mass is 1160 g/mol. The van der Waals surface area contributed by atoms with Gasteiger partial charge in [-0.05, 0) is 153 Å². The molecular formula is C86H66BN3. The summed E-state index contributed by atoms with van der Waals surface area (Å²) in [5.74, 6) is 0. The van der Waals surface area contributed by atoms with E-state index < -0.39 is 12.8 Å². The molecule has 13 aromatic carbocycles. The quantitative estimate of drug-likeness (QED) is 0.154. The van der Waals surface area contributed by atoms with Gasteiger partial charge in [0, 0.05) is 50.0 Å². The van der Waals surface area contributed by atoms with Gasteiger partial charge in [-0.25, -0.2) is 0 Å². The van der Waals surface area contributed by atoms with Crippen LogP contribution in [0.2, 0.25) is 0 Å². The second kappa shape index (κ2) is 20.5. The summed E-state index contributed by atoms with van der Waals surface area (Å²) < 4.78 is 48.3. The number of hydrogen-bond acceptors (Lipinski definition) is 2. The van der Waals surface area contributed by atoms with E-state index in [2.05, 4.69) is 304 Å². The van der Waals surface area contributed by atoms with Gasteiger partial charge in [0.05, 0.1) is 29.1 Å². The Morgan fingerprint density at radius 2 is 0.811 bits per heavy atom. The van der Waals surface area contributed by atoms with Gasteiger partial charge in [0.2, 0.25) is 0 Å². The summed E-state index contributed by atoms with van der Waals surface area (Å²) >= 11 is 0. The first kappa shape index (κ1) is 48.3. The van der Waals surface area contributed by atoms with Crippen molar-refractivity contribution < 1.29 is 6.85 Å². The van der Waals surface area contributed by atoms with Gasteiger partial charge in [-0.1, -0.05) is 284 Å². The van der Waals surface area contributed by atoms with Crippen molar-refractivity contribution in [2.75, 3.05) is 9.80 Å². The zero-order valence-electron chi connectivity index (χ0n) is 56.2. The molecule has 0 radical (unpaired) electrons. The summed E-state index contributed by atoms with van der Waals surface area (Å²) in [6, 6.07) is 93.7. The number of nitrogens with zero attached hydrogens (tertiary/aromatic N) is 3. The van der Waals surface area contributed by atoms with Crippen molar-refractivity contribution in [3.8, 4) is 44.5 Å². The lowest BCUT2D eigenvalue weighted by Crippen LogP contribution is -2.61. The zero-order valence-corrected chi connectivity index (χ0v) is 51.2. The normalized spacial score (nSPS) is 13.7. The largest absolute Gasteiger partial charge is 0.311 e. The number of para-hydroxylation sites is 2. The molecule has 90 heavy (non-hydrogen) atoms. The maximum Gasteiger partial charge on any atom is 0.252 e. The van der Waals surface area contributed by atoms with E-state index in [0.29, 0.717) is 5.56 Å². The summed E-state index contributed by atoms with van der Waals surface area (Å²) in [4.78, 5) is 4.95. The van der Waals surface area contributed by atoms with Crippen molar-refractivity contribution >= 4 is 117 Å². The van der Waals surface area contributed by atoms with Gasteiger partial charge in [-0.3, -0.25) is 0 Å². The Kier molecular flexibility index (Phi) is 11.0. The molecule has 0 saturated heterocycles. The van der Waals surface area contributed by atoms with E-state index in [4.69, 9.17) is 4.11 Å². The zero-order chi connectivity index (χ0) is 64.9. The highest BCUT2D eigenvalue weighted by Crippen LogP contribution is 2.52. The van der Waals surface area contributed by atoms with Crippen LogP contribution in [0.1, 0.15) is 59.5 Å². The summed E-state index contributed by atoms with van der Waals surface area (Å²) in [6.45, 7) is 13.4. The SMILES string of the molecule is [2H]c1c([2H])c([2H])c(-c2ccc3c(c2)N(c2ccc(-c4ccccc4)cc2)c2c4c(cc5c2c2cccc6c7ccccc7c7ccccc7c7ccccc7n5c62)N(c2ccc(-c5ccccc5)cc2)c2ccc(-c5cc(C(C)(C)C)cc(C(C)(C)C)c5)cc2B34)c([2H])c1[2H]. The molecule has 2 aliphatic rings. The van der Waals surface area contributed by atoms with Crippen LogP contribution >= 0.6 is 0 Å². The third-order valence-electron chi connectivity index (χ3n) is 19.1. The molecule has 3 nitrogen and oxygen atoms in total. The molecule has 0 bridgehead atoms. The molecule has 0 amide bonds. The molecular weight excluding hydrogens is 1090 g/mol. The van der Waals surface area contributed by atoms with Crippen LogP contribution in [0.5, 0.6) is 0 Å². The second-order valence-corrected chi connectivity index (χ2v) is 26.5. The summed E-state index contributed by atoms with van der Waals surface area (Å²) in [5.41, 5.74) is 21.9. The number of benzene rings is 13. The molecule has 4 heterocycles. The average Bonchev–Trinajstić information content (AvgIpc) is 1.64. The maximum absolute atomic E-state index is 9.50. The van der Waals surface area contributed by atoms with Crippen LogP contribution in [-0.4, -0.2) is 11.1 Å². The van der Waals surface area contributed by atoms with Crippen molar-refractivity contribution in [2.45, 2.75) is 52.4 Å². The fourth-order valence-electron chi connectivity index (χ4n) is 14.7. The molecule has 2 aliphatic heterocycles. The van der Waals surface area contributed by atoms with E-state index in [-0.39, 0.29) is 40.6 Å². The second-order valence-electron chi connectivity index (χ2n) is 26.5. The van der Waals surface area contributed by atoms with Gasteiger partial charge < -0.3 is 14.2 Å². The Balaban J connectivity index is 1.08. The molecule has 4 heteroatoms. The Morgan fingerprint density at radius 1 is 0.322 bits per heavy atom. The van der Waals surface area contributed by atoms with Crippen molar-refractivity contribution in [2.24, 2.45) is 0 Å². The number of aromatic nitrogens is 1. The molecule has 2 aromatic heterocycles. The minimum absolute atomic E-state index is 0.126. The molecule has 0 saturated carbocycles. The molecule has 0 N–H and O–H groups in total. The van der Waals surface area contributed by atoms with Crippen LogP contribution in [-0.2, 0) is 10.8 Å². The van der Waals surface area contributed by atoms with Gasteiger partial charge in [-0.2, -0.15) is 0 Å². The number of hydrogen-bond donors (Lipinski definition) is 0. The van der Waals surface area contributed by atoms with Crippen LogP contribution in [0.25, 0.3) is 104 Å². The van der Waals surface area contributed by atoms with Crippen LogP contribution in [0.15, 0.2) is 291 Å². The van der Waals surface area contributed by atoms with Crippen LogP contribution in [0, 0.1) is 0 Å². The highest BCUT2D eigenvalue weighted by molar-refractivity contribution is 7.00. The molecule has 17 rings (SSSR count). The lowest BCUT2D eigenvalue weighted by atomic mass is 9.33. The third-order valence-corrected chi connectivity index (χ3v) is 19.1. The van der Waals surface area contributed by atoms with Gasteiger partial charge in [0.1, 0.15) is 0 Å². The Morgan fingerprint density at radius 3 is 1.42 bits per heavy atom. The average molecular weight is 1160 g/mol. The lowest BCUT2D eigenvalue weighted by molar-refractivity contribution is 0.569. The molecule has 0 fully saturated rings. The van der Waals surface area contributed by atoms with E-state index in [9.17, 15) is 2.74 Å². The van der Waals surface area contributed by atoms with Crippen molar-refractivity contribution in [3.63, 3.8) is 0 Å². The maximum atomic E-state index is 9.50. The smallest absolute Gasteiger partial charge is 0.252 e. The van der Waals surface area contributed by atoms with E-state index in [1.165, 1.54) is 11.1 Å². The first-order valence-corrected chi connectivity index (χ1v) is 31.4. The van der Waals surface area contributed by atoms with Crippen LogP contribution in [0.3, 0.4) is 0 Å². The number of fused-ring (bicyclic) bond motifs is 15. The molecule has 0 aliphatic carbocycles.